The van der Waals surface area contributed by atoms with Gasteiger partial charge < -0.3 is 0 Å². The number of hydrogen-bond donors (Lipinski definition) is 0. The van der Waals surface area contributed by atoms with Crippen LogP contribution in [0.4, 0.5) is 0 Å². The monoisotopic (exact) mass is 355 g/mol. The molecule has 2 heteroatoms. The number of rotatable bonds is 2. The Morgan fingerprint density at radius 1 is 0.955 bits per heavy atom. The number of fused-ring (bicyclic) bond motifs is 2. The van der Waals surface area contributed by atoms with Crippen molar-refractivity contribution in [2.45, 2.75) is 38.3 Å². The number of nitrogens with zero attached hydrogens (tertiary/aromatic N) is 1. The van der Waals surface area contributed by atoms with Gasteiger partial charge in [0, 0.05) is 23.6 Å². The SMILES string of the molecule is Brc1cccc(CN2C[C@@H]3CC[C@H]2Cc2ccccc2C3)c1. The van der Waals surface area contributed by atoms with Crippen LogP contribution in [0, 0.1) is 5.92 Å². The van der Waals surface area contributed by atoms with Crippen molar-refractivity contribution in [2.24, 2.45) is 5.92 Å². The maximum atomic E-state index is 3.60. The van der Waals surface area contributed by atoms with Gasteiger partial charge in [0.05, 0.1) is 0 Å². The molecular weight excluding hydrogens is 334 g/mol. The van der Waals surface area contributed by atoms with Crippen molar-refractivity contribution in [1.29, 1.82) is 0 Å². The van der Waals surface area contributed by atoms with Gasteiger partial charge in [-0.1, -0.05) is 52.3 Å². The van der Waals surface area contributed by atoms with E-state index in [9.17, 15) is 0 Å². The molecule has 0 amide bonds. The van der Waals surface area contributed by atoms with Crippen LogP contribution in [0.3, 0.4) is 0 Å². The number of hydrogen-bond acceptors (Lipinski definition) is 1. The van der Waals surface area contributed by atoms with Crippen molar-refractivity contribution in [3.63, 3.8) is 0 Å². The van der Waals surface area contributed by atoms with E-state index in [1.165, 1.54) is 42.3 Å². The Balaban J connectivity index is 1.58. The van der Waals surface area contributed by atoms with E-state index in [-0.39, 0.29) is 0 Å². The van der Waals surface area contributed by atoms with E-state index in [1.54, 1.807) is 11.1 Å². The predicted molar refractivity (Wildman–Crippen MR) is 94.9 cm³/mol. The molecule has 1 aliphatic carbocycles. The Labute approximate surface area is 141 Å². The molecule has 5 rings (SSSR count). The summed E-state index contributed by atoms with van der Waals surface area (Å²) in [7, 11) is 0. The molecule has 0 aromatic heterocycles. The Morgan fingerprint density at radius 3 is 2.59 bits per heavy atom. The highest BCUT2D eigenvalue weighted by molar-refractivity contribution is 9.10. The van der Waals surface area contributed by atoms with Crippen molar-refractivity contribution in [3.8, 4) is 0 Å². The lowest BCUT2D eigenvalue weighted by Gasteiger charge is -2.42. The third-order valence-corrected chi connectivity index (χ3v) is 5.77. The molecule has 2 bridgehead atoms. The average molecular weight is 356 g/mol. The molecule has 2 aliphatic heterocycles. The lowest BCUT2D eigenvalue weighted by molar-refractivity contribution is 0.0938. The highest BCUT2D eigenvalue weighted by Gasteiger charge is 2.31. The van der Waals surface area contributed by atoms with E-state index in [2.05, 4.69) is 69.4 Å². The molecule has 2 aromatic rings. The molecule has 3 aliphatic rings. The summed E-state index contributed by atoms with van der Waals surface area (Å²) in [4.78, 5) is 2.73. The number of halogens is 1. The quantitative estimate of drug-likeness (QED) is 0.745. The first-order valence-electron chi connectivity index (χ1n) is 8.33. The van der Waals surface area contributed by atoms with Crippen LogP contribution in [-0.2, 0) is 19.4 Å². The van der Waals surface area contributed by atoms with Gasteiger partial charge in [-0.3, -0.25) is 4.90 Å². The van der Waals surface area contributed by atoms with Gasteiger partial charge >= 0.3 is 0 Å². The van der Waals surface area contributed by atoms with Crippen LogP contribution in [0.2, 0.25) is 0 Å². The second-order valence-electron chi connectivity index (χ2n) is 6.83. The fourth-order valence-electron chi connectivity index (χ4n) is 4.16. The summed E-state index contributed by atoms with van der Waals surface area (Å²) in [6.45, 7) is 2.34. The van der Waals surface area contributed by atoms with Gasteiger partial charge in [0.15, 0.2) is 0 Å². The second kappa shape index (κ2) is 6.17. The smallest absolute Gasteiger partial charge is 0.0237 e. The zero-order valence-corrected chi connectivity index (χ0v) is 14.4. The van der Waals surface area contributed by atoms with Crippen molar-refractivity contribution in [2.75, 3.05) is 6.54 Å². The average Bonchev–Trinajstić information content (AvgIpc) is 2.48. The van der Waals surface area contributed by atoms with E-state index < -0.39 is 0 Å². The van der Waals surface area contributed by atoms with E-state index in [0.717, 1.165) is 12.5 Å². The number of benzene rings is 2. The predicted octanol–water partition coefficient (Wildman–Crippen LogP) is 4.83. The maximum Gasteiger partial charge on any atom is 0.0237 e. The van der Waals surface area contributed by atoms with E-state index in [4.69, 9.17) is 0 Å². The van der Waals surface area contributed by atoms with Crippen molar-refractivity contribution in [1.82, 2.24) is 4.90 Å². The molecule has 1 fully saturated rings. The summed E-state index contributed by atoms with van der Waals surface area (Å²) in [6.07, 6.45) is 5.23. The molecule has 0 spiro atoms. The van der Waals surface area contributed by atoms with Crippen molar-refractivity contribution >= 4 is 15.9 Å². The highest BCUT2D eigenvalue weighted by atomic mass is 79.9. The zero-order chi connectivity index (χ0) is 14.9. The van der Waals surface area contributed by atoms with Gasteiger partial charge in [-0.2, -0.15) is 0 Å². The molecule has 2 aromatic carbocycles. The van der Waals surface area contributed by atoms with Crippen LogP contribution in [0.15, 0.2) is 53.0 Å². The second-order valence-corrected chi connectivity index (χ2v) is 7.75. The van der Waals surface area contributed by atoms with Gasteiger partial charge in [-0.05, 0) is 60.4 Å². The fourth-order valence-corrected chi connectivity index (χ4v) is 4.61. The Bertz CT molecular complexity index is 666. The Morgan fingerprint density at radius 2 is 1.77 bits per heavy atom. The summed E-state index contributed by atoms with van der Waals surface area (Å²) in [6, 6.07) is 18.6. The minimum Gasteiger partial charge on any atom is -0.296 e. The molecule has 114 valence electrons. The van der Waals surface area contributed by atoms with Crippen molar-refractivity contribution < 1.29 is 0 Å². The molecule has 2 atom stereocenters. The molecule has 0 radical (unpaired) electrons. The fraction of sp³-hybridized carbons (Fsp3) is 0.400. The molecule has 0 unspecified atom stereocenters. The third-order valence-electron chi connectivity index (χ3n) is 5.27. The van der Waals surface area contributed by atoms with Gasteiger partial charge in [0.2, 0.25) is 0 Å². The first-order chi connectivity index (χ1) is 10.8. The number of piperidine rings is 1. The summed E-state index contributed by atoms with van der Waals surface area (Å²) in [5, 5.41) is 0. The minimum absolute atomic E-state index is 0.705. The first kappa shape index (κ1) is 14.5. The van der Waals surface area contributed by atoms with E-state index in [0.29, 0.717) is 6.04 Å². The van der Waals surface area contributed by atoms with Gasteiger partial charge in [-0.15, -0.1) is 0 Å². The molecule has 1 nitrogen and oxygen atoms in total. The first-order valence-corrected chi connectivity index (χ1v) is 9.12. The van der Waals surface area contributed by atoms with Crippen LogP contribution in [0.1, 0.15) is 29.5 Å². The molecule has 1 saturated heterocycles. The molecular formula is C20H22BrN. The Kier molecular flexibility index (Phi) is 4.06. The van der Waals surface area contributed by atoms with Crippen LogP contribution < -0.4 is 0 Å². The van der Waals surface area contributed by atoms with Crippen LogP contribution in [0.25, 0.3) is 0 Å². The van der Waals surface area contributed by atoms with Gasteiger partial charge in [-0.25, -0.2) is 0 Å². The van der Waals surface area contributed by atoms with Crippen molar-refractivity contribution in [3.05, 3.63) is 69.7 Å². The summed E-state index contributed by atoms with van der Waals surface area (Å²) >= 11 is 3.60. The van der Waals surface area contributed by atoms with E-state index in [1.807, 2.05) is 0 Å². The van der Waals surface area contributed by atoms with Crippen LogP contribution >= 0.6 is 15.9 Å². The minimum atomic E-state index is 0.705. The lowest BCUT2D eigenvalue weighted by atomic mass is 9.80. The Hall–Kier alpha value is -1.12. The largest absolute Gasteiger partial charge is 0.296 e. The van der Waals surface area contributed by atoms with Gasteiger partial charge in [0.1, 0.15) is 0 Å². The topological polar surface area (TPSA) is 3.24 Å². The maximum absolute atomic E-state index is 3.60. The van der Waals surface area contributed by atoms with Gasteiger partial charge in [0.25, 0.3) is 0 Å². The summed E-state index contributed by atoms with van der Waals surface area (Å²) < 4.78 is 1.19. The summed E-state index contributed by atoms with van der Waals surface area (Å²) in [5.41, 5.74) is 4.60. The zero-order valence-electron chi connectivity index (χ0n) is 12.8. The highest BCUT2D eigenvalue weighted by Crippen LogP contribution is 2.33. The van der Waals surface area contributed by atoms with E-state index >= 15 is 0 Å². The lowest BCUT2D eigenvalue weighted by Crippen LogP contribution is -2.46. The summed E-state index contributed by atoms with van der Waals surface area (Å²) in [5.74, 6) is 0.824. The molecule has 0 N–H and O–H groups in total. The molecule has 22 heavy (non-hydrogen) atoms. The normalized spacial score (nSPS) is 24.6. The molecule has 2 heterocycles. The third kappa shape index (κ3) is 3.00. The standard InChI is InChI=1S/C20H22BrN/c21-19-7-3-4-15(11-19)13-22-14-16-8-9-20(22)12-18-6-2-1-5-17(18)10-16/h1-7,11,16,20H,8-10,12-14H2/t16-,20+/m1/s1. The van der Waals surface area contributed by atoms with Crippen LogP contribution in [-0.4, -0.2) is 17.5 Å². The van der Waals surface area contributed by atoms with Crippen LogP contribution in [0.5, 0.6) is 0 Å². The molecule has 0 saturated carbocycles.